The molecule has 1 heterocycles. The Morgan fingerprint density at radius 1 is 1.62 bits per heavy atom. The molecular formula is C8H10N2O2S. The van der Waals surface area contributed by atoms with Gasteiger partial charge < -0.3 is 15.2 Å². The second kappa shape index (κ2) is 5.45. The summed E-state index contributed by atoms with van der Waals surface area (Å²) in [5.41, 5.74) is 0. The van der Waals surface area contributed by atoms with Crippen molar-refractivity contribution in [2.24, 2.45) is 0 Å². The zero-order valence-corrected chi connectivity index (χ0v) is 7.75. The standard InChI is InChI=1S/C8H10N2O2S/c11-5-6-12-8(13)10-7-3-1-2-4-9-7/h1-4,11H,5-6H2,(H,9,10,13). The van der Waals surface area contributed by atoms with E-state index in [4.69, 9.17) is 22.1 Å². The van der Waals surface area contributed by atoms with E-state index in [0.29, 0.717) is 5.82 Å². The number of nitrogens with one attached hydrogen (secondary N) is 1. The molecule has 1 rings (SSSR count). The van der Waals surface area contributed by atoms with Gasteiger partial charge in [-0.25, -0.2) is 4.98 Å². The summed E-state index contributed by atoms with van der Waals surface area (Å²) >= 11 is 4.82. The highest BCUT2D eigenvalue weighted by Crippen LogP contribution is 2.00. The molecule has 0 unspecified atom stereocenters. The maximum Gasteiger partial charge on any atom is 0.262 e. The highest BCUT2D eigenvalue weighted by Gasteiger charge is 1.97. The number of nitrogens with zero attached hydrogens (tertiary/aromatic N) is 1. The van der Waals surface area contributed by atoms with E-state index in [-0.39, 0.29) is 18.4 Å². The number of aromatic nitrogens is 1. The fraction of sp³-hybridized carbons (Fsp3) is 0.250. The molecule has 0 amide bonds. The summed E-state index contributed by atoms with van der Waals surface area (Å²) in [6, 6.07) is 5.42. The van der Waals surface area contributed by atoms with Gasteiger partial charge >= 0.3 is 0 Å². The van der Waals surface area contributed by atoms with Crippen molar-refractivity contribution in [2.75, 3.05) is 18.5 Å². The van der Waals surface area contributed by atoms with Crippen LogP contribution in [0.4, 0.5) is 5.82 Å². The Bertz CT molecular complexity index is 266. The van der Waals surface area contributed by atoms with E-state index in [1.807, 2.05) is 12.1 Å². The molecule has 70 valence electrons. The van der Waals surface area contributed by atoms with Crippen molar-refractivity contribution < 1.29 is 9.84 Å². The maximum absolute atomic E-state index is 8.45. The molecule has 1 aromatic heterocycles. The molecule has 0 fully saturated rings. The van der Waals surface area contributed by atoms with Gasteiger partial charge in [0.2, 0.25) is 0 Å². The summed E-state index contributed by atoms with van der Waals surface area (Å²) < 4.78 is 4.93. The van der Waals surface area contributed by atoms with E-state index >= 15 is 0 Å². The van der Waals surface area contributed by atoms with Crippen molar-refractivity contribution in [3.63, 3.8) is 0 Å². The van der Waals surface area contributed by atoms with Crippen molar-refractivity contribution >= 4 is 23.2 Å². The minimum atomic E-state index is -0.0515. The Morgan fingerprint density at radius 2 is 2.46 bits per heavy atom. The Hall–Kier alpha value is -1.20. The first-order chi connectivity index (χ1) is 6.33. The summed E-state index contributed by atoms with van der Waals surface area (Å²) in [5, 5.41) is 11.4. The van der Waals surface area contributed by atoms with Gasteiger partial charge in [0, 0.05) is 6.20 Å². The van der Waals surface area contributed by atoms with Gasteiger partial charge in [0.25, 0.3) is 5.17 Å². The molecule has 0 aromatic carbocycles. The molecule has 0 saturated carbocycles. The van der Waals surface area contributed by atoms with E-state index in [0.717, 1.165) is 0 Å². The van der Waals surface area contributed by atoms with Gasteiger partial charge in [-0.3, -0.25) is 0 Å². The monoisotopic (exact) mass is 198 g/mol. The average Bonchev–Trinajstić information content (AvgIpc) is 2.16. The third-order valence-corrected chi connectivity index (χ3v) is 1.44. The first-order valence-corrected chi connectivity index (χ1v) is 4.19. The number of hydrogen-bond donors (Lipinski definition) is 2. The van der Waals surface area contributed by atoms with Crippen LogP contribution in [0.2, 0.25) is 0 Å². The lowest BCUT2D eigenvalue weighted by Crippen LogP contribution is -2.15. The molecule has 13 heavy (non-hydrogen) atoms. The van der Waals surface area contributed by atoms with E-state index in [1.54, 1.807) is 12.3 Å². The van der Waals surface area contributed by atoms with Crippen LogP contribution in [0.25, 0.3) is 0 Å². The molecule has 0 spiro atoms. The van der Waals surface area contributed by atoms with Gasteiger partial charge in [-0.1, -0.05) is 6.07 Å². The zero-order valence-electron chi connectivity index (χ0n) is 6.93. The molecule has 0 atom stereocenters. The summed E-state index contributed by atoms with van der Waals surface area (Å²) in [6.07, 6.45) is 1.65. The number of aliphatic hydroxyl groups is 1. The SMILES string of the molecule is OCCOC(=S)Nc1ccccn1. The Kier molecular flexibility index (Phi) is 4.14. The molecule has 0 aliphatic carbocycles. The van der Waals surface area contributed by atoms with Crippen LogP contribution in [-0.2, 0) is 4.74 Å². The summed E-state index contributed by atoms with van der Waals surface area (Å²) in [4.78, 5) is 3.99. The topological polar surface area (TPSA) is 54.4 Å². The average molecular weight is 198 g/mol. The summed E-state index contributed by atoms with van der Waals surface area (Å²) in [5.74, 6) is 0.630. The number of aliphatic hydroxyl groups excluding tert-OH is 1. The normalized spacial score (nSPS) is 9.31. The molecule has 2 N–H and O–H groups in total. The van der Waals surface area contributed by atoms with Gasteiger partial charge in [-0.2, -0.15) is 0 Å². The fourth-order valence-electron chi connectivity index (χ4n) is 0.716. The quantitative estimate of drug-likeness (QED) is 0.703. The van der Waals surface area contributed by atoms with Crippen LogP contribution < -0.4 is 5.32 Å². The van der Waals surface area contributed by atoms with E-state index in [9.17, 15) is 0 Å². The number of anilines is 1. The number of rotatable bonds is 3. The summed E-state index contributed by atoms with van der Waals surface area (Å²) in [7, 11) is 0. The minimum Gasteiger partial charge on any atom is -0.468 e. The predicted octanol–water partition coefficient (Wildman–Crippen LogP) is 0.787. The maximum atomic E-state index is 8.45. The second-order valence-electron chi connectivity index (χ2n) is 2.20. The third kappa shape index (κ3) is 3.82. The van der Waals surface area contributed by atoms with Gasteiger partial charge in [-0.15, -0.1) is 0 Å². The molecule has 0 saturated heterocycles. The van der Waals surface area contributed by atoms with Crippen LogP contribution >= 0.6 is 12.2 Å². The molecule has 4 nitrogen and oxygen atoms in total. The van der Waals surface area contributed by atoms with Crippen molar-refractivity contribution in [1.82, 2.24) is 4.98 Å². The van der Waals surface area contributed by atoms with Crippen molar-refractivity contribution in [1.29, 1.82) is 0 Å². The number of pyridine rings is 1. The largest absolute Gasteiger partial charge is 0.468 e. The van der Waals surface area contributed by atoms with Gasteiger partial charge in [0.1, 0.15) is 12.4 Å². The van der Waals surface area contributed by atoms with Crippen LogP contribution in [0.3, 0.4) is 0 Å². The highest BCUT2D eigenvalue weighted by molar-refractivity contribution is 7.80. The first kappa shape index (κ1) is 9.88. The Labute approximate surface area is 81.6 Å². The van der Waals surface area contributed by atoms with Crippen molar-refractivity contribution in [2.45, 2.75) is 0 Å². The molecule has 0 aliphatic heterocycles. The lowest BCUT2D eigenvalue weighted by Gasteiger charge is -2.06. The van der Waals surface area contributed by atoms with Crippen LogP contribution in [0.15, 0.2) is 24.4 Å². The van der Waals surface area contributed by atoms with Crippen LogP contribution in [0.5, 0.6) is 0 Å². The lowest BCUT2D eigenvalue weighted by atomic mass is 10.5. The van der Waals surface area contributed by atoms with Crippen LogP contribution in [0.1, 0.15) is 0 Å². The van der Waals surface area contributed by atoms with Crippen LogP contribution in [0, 0.1) is 0 Å². The fourth-order valence-corrected chi connectivity index (χ4v) is 0.904. The zero-order chi connectivity index (χ0) is 9.52. The van der Waals surface area contributed by atoms with Crippen molar-refractivity contribution in [3.05, 3.63) is 24.4 Å². The molecule has 0 bridgehead atoms. The number of hydrogen-bond acceptors (Lipinski definition) is 4. The Balaban J connectivity index is 2.37. The first-order valence-electron chi connectivity index (χ1n) is 3.78. The van der Waals surface area contributed by atoms with Gasteiger partial charge in [0.15, 0.2) is 0 Å². The summed E-state index contributed by atoms with van der Waals surface area (Å²) in [6.45, 7) is 0.142. The van der Waals surface area contributed by atoms with Crippen molar-refractivity contribution in [3.8, 4) is 0 Å². The van der Waals surface area contributed by atoms with E-state index in [1.165, 1.54) is 0 Å². The van der Waals surface area contributed by atoms with Crippen LogP contribution in [-0.4, -0.2) is 28.5 Å². The molecule has 1 aromatic rings. The van der Waals surface area contributed by atoms with E-state index < -0.39 is 0 Å². The smallest absolute Gasteiger partial charge is 0.262 e. The van der Waals surface area contributed by atoms with Gasteiger partial charge in [0.05, 0.1) is 6.61 Å². The minimum absolute atomic E-state index is 0.0515. The Morgan fingerprint density at radius 3 is 3.08 bits per heavy atom. The third-order valence-electron chi connectivity index (χ3n) is 1.22. The van der Waals surface area contributed by atoms with Gasteiger partial charge in [-0.05, 0) is 24.4 Å². The highest BCUT2D eigenvalue weighted by atomic mass is 32.1. The molecule has 0 radical (unpaired) electrons. The molecule has 5 heteroatoms. The second-order valence-corrected chi connectivity index (χ2v) is 2.57. The molecular weight excluding hydrogens is 188 g/mol. The predicted molar refractivity (Wildman–Crippen MR) is 53.5 cm³/mol. The van der Waals surface area contributed by atoms with E-state index in [2.05, 4.69) is 10.3 Å². The number of thiocarbonyl (C=S) groups is 1. The molecule has 0 aliphatic rings. The number of ether oxygens (including phenoxy) is 1. The lowest BCUT2D eigenvalue weighted by molar-refractivity contribution is 0.197.